The van der Waals surface area contributed by atoms with Gasteiger partial charge in [-0.05, 0) is 18.4 Å². The quantitative estimate of drug-likeness (QED) is 0.937. The molecule has 1 saturated carbocycles. The molecule has 1 aromatic heterocycles. The van der Waals surface area contributed by atoms with E-state index < -0.39 is 0 Å². The van der Waals surface area contributed by atoms with Crippen LogP contribution in [0.5, 0.6) is 0 Å². The van der Waals surface area contributed by atoms with E-state index in [4.69, 9.17) is 4.74 Å². The zero-order valence-electron chi connectivity index (χ0n) is 12.3. The SMILES string of the molecule is COCc1ccc(-c2nc(C3CCCC3)cc(=O)[nH]2)cc1. The molecule has 0 bridgehead atoms. The number of ether oxygens (including phenoxy) is 1. The number of nitrogens with zero attached hydrogens (tertiary/aromatic N) is 1. The number of hydrogen-bond donors (Lipinski definition) is 1. The molecule has 4 nitrogen and oxygen atoms in total. The Bertz CT molecular complexity index is 655. The van der Waals surface area contributed by atoms with Crippen molar-refractivity contribution in [2.75, 3.05) is 7.11 Å². The molecule has 2 aromatic rings. The van der Waals surface area contributed by atoms with Crippen LogP contribution >= 0.6 is 0 Å². The van der Waals surface area contributed by atoms with Crippen LogP contribution in [0.4, 0.5) is 0 Å². The van der Waals surface area contributed by atoms with Crippen LogP contribution in [0.25, 0.3) is 11.4 Å². The van der Waals surface area contributed by atoms with E-state index >= 15 is 0 Å². The van der Waals surface area contributed by atoms with Crippen LogP contribution in [0.3, 0.4) is 0 Å². The third kappa shape index (κ3) is 3.22. The Kier molecular flexibility index (Phi) is 4.15. The largest absolute Gasteiger partial charge is 0.380 e. The Labute approximate surface area is 124 Å². The summed E-state index contributed by atoms with van der Waals surface area (Å²) in [6.45, 7) is 0.590. The van der Waals surface area contributed by atoms with Crippen molar-refractivity contribution in [2.45, 2.75) is 38.2 Å². The van der Waals surface area contributed by atoms with Gasteiger partial charge < -0.3 is 9.72 Å². The highest BCUT2D eigenvalue weighted by atomic mass is 16.5. The van der Waals surface area contributed by atoms with Crippen molar-refractivity contribution in [3.05, 3.63) is 51.9 Å². The lowest BCUT2D eigenvalue weighted by Gasteiger charge is -2.10. The van der Waals surface area contributed by atoms with Gasteiger partial charge in [-0.25, -0.2) is 4.98 Å². The Morgan fingerprint density at radius 2 is 1.95 bits per heavy atom. The number of nitrogens with one attached hydrogen (secondary N) is 1. The Balaban J connectivity index is 1.92. The summed E-state index contributed by atoms with van der Waals surface area (Å²) in [5, 5.41) is 0. The average Bonchev–Trinajstić information content (AvgIpc) is 3.02. The van der Waals surface area contributed by atoms with Crippen molar-refractivity contribution in [1.82, 2.24) is 9.97 Å². The molecule has 1 heterocycles. The second-order valence-electron chi connectivity index (χ2n) is 5.63. The summed E-state index contributed by atoms with van der Waals surface area (Å²) in [5.74, 6) is 1.10. The maximum Gasteiger partial charge on any atom is 0.251 e. The molecule has 1 fully saturated rings. The lowest BCUT2D eigenvalue weighted by Crippen LogP contribution is -2.12. The number of aromatic nitrogens is 2. The first-order chi connectivity index (χ1) is 10.3. The maximum absolute atomic E-state index is 11.9. The van der Waals surface area contributed by atoms with Crippen molar-refractivity contribution in [3.63, 3.8) is 0 Å². The van der Waals surface area contributed by atoms with Crippen molar-refractivity contribution in [3.8, 4) is 11.4 Å². The summed E-state index contributed by atoms with van der Waals surface area (Å²) in [6.07, 6.45) is 4.76. The molecule has 21 heavy (non-hydrogen) atoms. The molecule has 0 radical (unpaired) electrons. The fourth-order valence-corrected chi connectivity index (χ4v) is 2.97. The average molecular weight is 284 g/mol. The lowest BCUT2D eigenvalue weighted by molar-refractivity contribution is 0.185. The second-order valence-corrected chi connectivity index (χ2v) is 5.63. The van der Waals surface area contributed by atoms with Gasteiger partial charge in [0, 0.05) is 24.7 Å². The van der Waals surface area contributed by atoms with Crippen LogP contribution in [0, 0.1) is 0 Å². The normalized spacial score (nSPS) is 15.5. The summed E-state index contributed by atoms with van der Waals surface area (Å²) in [6, 6.07) is 9.61. The molecule has 1 aliphatic carbocycles. The Morgan fingerprint density at radius 1 is 1.24 bits per heavy atom. The van der Waals surface area contributed by atoms with Crippen molar-refractivity contribution >= 4 is 0 Å². The molecule has 1 N–H and O–H groups in total. The van der Waals surface area contributed by atoms with Crippen LogP contribution in [-0.2, 0) is 11.3 Å². The molecule has 0 spiro atoms. The molecule has 4 heteroatoms. The molecule has 1 aliphatic rings. The number of aromatic amines is 1. The van der Waals surface area contributed by atoms with E-state index in [1.807, 2.05) is 24.3 Å². The standard InChI is InChI=1S/C17H20N2O2/c1-21-11-12-6-8-14(9-7-12)17-18-15(10-16(20)19-17)13-4-2-3-5-13/h6-10,13H,2-5,11H2,1H3,(H,18,19,20). The molecule has 110 valence electrons. The van der Waals surface area contributed by atoms with E-state index in [1.54, 1.807) is 13.2 Å². The number of rotatable bonds is 4. The van der Waals surface area contributed by atoms with Crippen LogP contribution in [-0.4, -0.2) is 17.1 Å². The number of methoxy groups -OCH3 is 1. The molecular weight excluding hydrogens is 264 g/mol. The van der Waals surface area contributed by atoms with E-state index in [0.29, 0.717) is 18.3 Å². The monoisotopic (exact) mass is 284 g/mol. The number of benzene rings is 1. The minimum atomic E-state index is -0.0668. The molecular formula is C17H20N2O2. The van der Waals surface area contributed by atoms with Gasteiger partial charge in [-0.2, -0.15) is 0 Å². The predicted molar refractivity (Wildman–Crippen MR) is 82.2 cm³/mol. The minimum absolute atomic E-state index is 0.0668. The highest BCUT2D eigenvalue weighted by molar-refractivity contribution is 5.55. The summed E-state index contributed by atoms with van der Waals surface area (Å²) in [5.41, 5.74) is 2.91. The molecule has 3 rings (SSSR count). The first-order valence-electron chi connectivity index (χ1n) is 7.46. The fraction of sp³-hybridized carbons (Fsp3) is 0.412. The minimum Gasteiger partial charge on any atom is -0.380 e. The van der Waals surface area contributed by atoms with E-state index in [-0.39, 0.29) is 5.56 Å². The van der Waals surface area contributed by atoms with Gasteiger partial charge >= 0.3 is 0 Å². The lowest BCUT2D eigenvalue weighted by atomic mass is 10.0. The highest BCUT2D eigenvalue weighted by Crippen LogP contribution is 2.32. The Hall–Kier alpha value is -1.94. The third-order valence-electron chi connectivity index (χ3n) is 4.07. The van der Waals surface area contributed by atoms with Gasteiger partial charge in [-0.15, -0.1) is 0 Å². The highest BCUT2D eigenvalue weighted by Gasteiger charge is 2.19. The second kappa shape index (κ2) is 6.22. The van der Waals surface area contributed by atoms with Gasteiger partial charge in [0.1, 0.15) is 5.82 Å². The van der Waals surface area contributed by atoms with E-state index in [2.05, 4.69) is 9.97 Å². The molecule has 0 unspecified atom stereocenters. The number of H-pyrrole nitrogens is 1. The van der Waals surface area contributed by atoms with Crippen molar-refractivity contribution in [2.24, 2.45) is 0 Å². The smallest absolute Gasteiger partial charge is 0.251 e. The topological polar surface area (TPSA) is 55.0 Å². The zero-order chi connectivity index (χ0) is 14.7. The van der Waals surface area contributed by atoms with Crippen LogP contribution in [0.2, 0.25) is 0 Å². The number of hydrogen-bond acceptors (Lipinski definition) is 3. The van der Waals surface area contributed by atoms with E-state index in [9.17, 15) is 4.79 Å². The molecule has 0 saturated heterocycles. The molecule has 1 aromatic carbocycles. The van der Waals surface area contributed by atoms with Crippen molar-refractivity contribution < 1.29 is 4.74 Å². The van der Waals surface area contributed by atoms with E-state index in [0.717, 1.165) is 29.7 Å². The molecule has 0 atom stereocenters. The molecule has 0 aliphatic heterocycles. The van der Waals surface area contributed by atoms with Crippen molar-refractivity contribution in [1.29, 1.82) is 0 Å². The van der Waals surface area contributed by atoms with E-state index in [1.165, 1.54) is 12.8 Å². The summed E-state index contributed by atoms with van der Waals surface area (Å²) in [4.78, 5) is 19.4. The van der Waals surface area contributed by atoms with Gasteiger partial charge in [0.05, 0.1) is 12.3 Å². The van der Waals surface area contributed by atoms with Crippen LogP contribution < -0.4 is 5.56 Å². The third-order valence-corrected chi connectivity index (χ3v) is 4.07. The molecule has 0 amide bonds. The van der Waals surface area contributed by atoms with Gasteiger partial charge in [-0.3, -0.25) is 4.79 Å². The zero-order valence-corrected chi connectivity index (χ0v) is 12.3. The van der Waals surface area contributed by atoms with Crippen LogP contribution in [0.1, 0.15) is 42.9 Å². The Morgan fingerprint density at radius 3 is 2.62 bits per heavy atom. The van der Waals surface area contributed by atoms with Crippen LogP contribution in [0.15, 0.2) is 35.1 Å². The summed E-state index contributed by atoms with van der Waals surface area (Å²) < 4.78 is 5.11. The predicted octanol–water partition coefficient (Wildman–Crippen LogP) is 3.24. The first kappa shape index (κ1) is 14.0. The summed E-state index contributed by atoms with van der Waals surface area (Å²) in [7, 11) is 1.68. The first-order valence-corrected chi connectivity index (χ1v) is 7.46. The summed E-state index contributed by atoms with van der Waals surface area (Å²) >= 11 is 0. The van der Waals surface area contributed by atoms with Gasteiger partial charge in [0.25, 0.3) is 5.56 Å². The fourth-order valence-electron chi connectivity index (χ4n) is 2.97. The maximum atomic E-state index is 11.9. The van der Waals surface area contributed by atoms with Gasteiger partial charge in [-0.1, -0.05) is 37.1 Å². The van der Waals surface area contributed by atoms with Gasteiger partial charge in [0.15, 0.2) is 0 Å². The van der Waals surface area contributed by atoms with Gasteiger partial charge in [0.2, 0.25) is 0 Å².